The molecule has 1 aliphatic heterocycles. The molecule has 1 amide bonds. The molecular weight excluding hydrogens is 230 g/mol. The summed E-state index contributed by atoms with van der Waals surface area (Å²) in [6.07, 6.45) is 0.457. The second-order valence-corrected chi connectivity index (χ2v) is 4.44. The Kier molecular flexibility index (Phi) is 5.77. The van der Waals surface area contributed by atoms with Crippen LogP contribution in [-0.2, 0) is 9.53 Å². The Morgan fingerprint density at radius 3 is 2.88 bits per heavy atom. The second-order valence-electron chi connectivity index (χ2n) is 4.44. The number of ether oxygens (including phenoxy) is 1. The van der Waals surface area contributed by atoms with Gasteiger partial charge in [-0.05, 0) is 32.7 Å². The molecule has 0 bridgehead atoms. The molecule has 0 spiro atoms. The third kappa shape index (κ3) is 4.95. The molecule has 1 aliphatic rings. The number of hydrogen-bond acceptors (Lipinski definition) is 3. The first kappa shape index (κ1) is 14.3. The Hall–Kier alpha value is -0.750. The molecule has 0 aromatic carbocycles. The molecule has 0 aliphatic carbocycles. The molecule has 17 heavy (non-hydrogen) atoms. The normalized spacial score (nSPS) is 24.9. The van der Waals surface area contributed by atoms with Crippen LogP contribution in [0.1, 0.15) is 26.2 Å². The van der Waals surface area contributed by atoms with Gasteiger partial charge in [0.25, 0.3) is 6.43 Å². The van der Waals surface area contributed by atoms with E-state index in [1.54, 1.807) is 0 Å². The van der Waals surface area contributed by atoms with Crippen molar-refractivity contribution < 1.29 is 18.3 Å². The molecule has 0 radical (unpaired) electrons. The summed E-state index contributed by atoms with van der Waals surface area (Å²) in [5.41, 5.74) is -0.527. The summed E-state index contributed by atoms with van der Waals surface area (Å²) in [4.78, 5) is 11.8. The summed E-state index contributed by atoms with van der Waals surface area (Å²) in [5.74, 6) is -0.0853. The van der Waals surface area contributed by atoms with Crippen LogP contribution in [0.3, 0.4) is 0 Å². The standard InChI is InChI=1S/C11H20F2N2O2/c1-11(4-2-3-5-15-11)10(16)14-6-7-17-8-9(12)13/h9,15H,2-8H2,1H3,(H,14,16). The van der Waals surface area contributed by atoms with Gasteiger partial charge in [0.05, 0.1) is 12.1 Å². The molecule has 0 aromatic heterocycles. The number of nitrogens with one attached hydrogen (secondary N) is 2. The molecule has 1 fully saturated rings. The number of piperidine rings is 1. The van der Waals surface area contributed by atoms with Gasteiger partial charge >= 0.3 is 0 Å². The van der Waals surface area contributed by atoms with Crippen LogP contribution < -0.4 is 10.6 Å². The summed E-state index contributed by atoms with van der Waals surface area (Å²) in [5, 5.41) is 5.88. The van der Waals surface area contributed by atoms with Gasteiger partial charge in [0.2, 0.25) is 5.91 Å². The monoisotopic (exact) mass is 250 g/mol. The van der Waals surface area contributed by atoms with Crippen molar-refractivity contribution in [2.24, 2.45) is 0 Å². The zero-order valence-corrected chi connectivity index (χ0v) is 10.1. The van der Waals surface area contributed by atoms with Gasteiger partial charge in [-0.15, -0.1) is 0 Å². The van der Waals surface area contributed by atoms with Crippen molar-refractivity contribution in [1.82, 2.24) is 10.6 Å². The average molecular weight is 250 g/mol. The number of hydrogen-bond donors (Lipinski definition) is 2. The minimum atomic E-state index is -2.46. The second kappa shape index (κ2) is 6.86. The highest BCUT2D eigenvalue weighted by Gasteiger charge is 2.33. The Labute approximate surface area is 100 Å². The van der Waals surface area contributed by atoms with Crippen molar-refractivity contribution in [3.05, 3.63) is 0 Å². The Balaban J connectivity index is 2.15. The molecule has 4 nitrogen and oxygen atoms in total. The van der Waals surface area contributed by atoms with E-state index < -0.39 is 18.6 Å². The van der Waals surface area contributed by atoms with E-state index in [0.717, 1.165) is 25.8 Å². The third-order valence-electron chi connectivity index (χ3n) is 2.90. The highest BCUT2D eigenvalue weighted by molar-refractivity contribution is 5.85. The molecule has 100 valence electrons. The van der Waals surface area contributed by atoms with E-state index in [9.17, 15) is 13.6 Å². The lowest BCUT2D eigenvalue weighted by atomic mass is 9.90. The fraction of sp³-hybridized carbons (Fsp3) is 0.909. The molecule has 6 heteroatoms. The van der Waals surface area contributed by atoms with Crippen LogP contribution in [0.5, 0.6) is 0 Å². The van der Waals surface area contributed by atoms with Gasteiger partial charge in [0, 0.05) is 6.54 Å². The van der Waals surface area contributed by atoms with Crippen LogP contribution in [0.2, 0.25) is 0 Å². The Bertz CT molecular complexity index is 244. The summed E-state index contributed by atoms with van der Waals surface area (Å²) in [7, 11) is 0. The molecule has 1 atom stereocenters. The zero-order valence-electron chi connectivity index (χ0n) is 10.1. The van der Waals surface area contributed by atoms with E-state index in [0.29, 0.717) is 0 Å². The summed E-state index contributed by atoms with van der Waals surface area (Å²) < 4.78 is 28.2. The van der Waals surface area contributed by atoms with E-state index in [1.165, 1.54) is 0 Å². The van der Waals surface area contributed by atoms with Crippen LogP contribution in [0.25, 0.3) is 0 Å². The molecule has 1 unspecified atom stereocenters. The first-order valence-corrected chi connectivity index (χ1v) is 5.94. The summed E-state index contributed by atoms with van der Waals surface area (Å²) in [6.45, 7) is 2.51. The minimum absolute atomic E-state index is 0.0853. The van der Waals surface area contributed by atoms with E-state index in [4.69, 9.17) is 0 Å². The van der Waals surface area contributed by atoms with Crippen LogP contribution in [0.4, 0.5) is 8.78 Å². The lowest BCUT2D eigenvalue weighted by Gasteiger charge is -2.33. The van der Waals surface area contributed by atoms with Crippen molar-refractivity contribution >= 4 is 5.91 Å². The van der Waals surface area contributed by atoms with Gasteiger partial charge < -0.3 is 15.4 Å². The number of carbonyl (C=O) groups is 1. The fourth-order valence-corrected chi connectivity index (χ4v) is 1.85. The van der Waals surface area contributed by atoms with Crippen molar-refractivity contribution in [2.75, 3.05) is 26.3 Å². The Morgan fingerprint density at radius 1 is 1.53 bits per heavy atom. The average Bonchev–Trinajstić information content (AvgIpc) is 2.29. The topological polar surface area (TPSA) is 50.4 Å². The fourth-order valence-electron chi connectivity index (χ4n) is 1.85. The van der Waals surface area contributed by atoms with E-state index in [2.05, 4.69) is 15.4 Å². The SMILES string of the molecule is CC1(C(=O)NCCOCC(F)F)CCCCN1. The van der Waals surface area contributed by atoms with E-state index in [-0.39, 0.29) is 19.1 Å². The van der Waals surface area contributed by atoms with E-state index in [1.807, 2.05) is 6.92 Å². The molecule has 0 saturated carbocycles. The quantitative estimate of drug-likeness (QED) is 0.689. The zero-order chi connectivity index (χ0) is 12.7. The number of amides is 1. The lowest BCUT2D eigenvalue weighted by molar-refractivity contribution is -0.128. The molecule has 1 heterocycles. The molecular formula is C11H20F2N2O2. The van der Waals surface area contributed by atoms with Gasteiger partial charge in [-0.25, -0.2) is 8.78 Å². The first-order chi connectivity index (χ1) is 8.04. The van der Waals surface area contributed by atoms with Crippen molar-refractivity contribution in [3.63, 3.8) is 0 Å². The molecule has 2 N–H and O–H groups in total. The van der Waals surface area contributed by atoms with Gasteiger partial charge in [-0.3, -0.25) is 4.79 Å². The van der Waals surface area contributed by atoms with Gasteiger partial charge in [0.15, 0.2) is 0 Å². The van der Waals surface area contributed by atoms with Crippen molar-refractivity contribution in [1.29, 1.82) is 0 Å². The van der Waals surface area contributed by atoms with Gasteiger partial charge in [0.1, 0.15) is 6.61 Å². The lowest BCUT2D eigenvalue weighted by Crippen LogP contribution is -2.57. The highest BCUT2D eigenvalue weighted by Crippen LogP contribution is 2.18. The van der Waals surface area contributed by atoms with Crippen LogP contribution >= 0.6 is 0 Å². The largest absolute Gasteiger partial charge is 0.374 e. The highest BCUT2D eigenvalue weighted by atomic mass is 19.3. The third-order valence-corrected chi connectivity index (χ3v) is 2.90. The Morgan fingerprint density at radius 2 is 2.29 bits per heavy atom. The smallest absolute Gasteiger partial charge is 0.261 e. The van der Waals surface area contributed by atoms with Crippen molar-refractivity contribution in [3.8, 4) is 0 Å². The number of rotatable bonds is 6. The summed E-state index contributed by atoms with van der Waals surface area (Å²) in [6, 6.07) is 0. The number of carbonyl (C=O) groups excluding carboxylic acids is 1. The van der Waals surface area contributed by atoms with Crippen LogP contribution in [0, 0.1) is 0 Å². The predicted octanol–water partition coefficient (Wildman–Crippen LogP) is 0.916. The first-order valence-electron chi connectivity index (χ1n) is 5.94. The number of halogens is 2. The molecule has 1 rings (SSSR count). The maximum absolute atomic E-state index is 11.8. The number of alkyl halides is 2. The molecule has 1 saturated heterocycles. The van der Waals surface area contributed by atoms with Crippen LogP contribution in [0.15, 0.2) is 0 Å². The molecule has 0 aromatic rings. The van der Waals surface area contributed by atoms with Gasteiger partial charge in [-0.2, -0.15) is 0 Å². The summed E-state index contributed by atoms with van der Waals surface area (Å²) >= 11 is 0. The van der Waals surface area contributed by atoms with Crippen molar-refractivity contribution in [2.45, 2.75) is 38.2 Å². The van der Waals surface area contributed by atoms with Crippen LogP contribution in [-0.4, -0.2) is 44.2 Å². The van der Waals surface area contributed by atoms with E-state index >= 15 is 0 Å². The van der Waals surface area contributed by atoms with Gasteiger partial charge in [-0.1, -0.05) is 0 Å². The maximum atomic E-state index is 11.8. The predicted molar refractivity (Wildman–Crippen MR) is 60.1 cm³/mol. The minimum Gasteiger partial charge on any atom is -0.374 e. The maximum Gasteiger partial charge on any atom is 0.261 e.